The highest BCUT2D eigenvalue weighted by Crippen LogP contribution is 2.25. The minimum absolute atomic E-state index is 0.149. The molecule has 0 aromatic carbocycles. The summed E-state index contributed by atoms with van der Waals surface area (Å²) < 4.78 is 10.5. The lowest BCUT2D eigenvalue weighted by Crippen LogP contribution is -2.49. The monoisotopic (exact) mass is 233 g/mol. The van der Waals surface area contributed by atoms with Gasteiger partial charge in [0.1, 0.15) is 0 Å². The molecule has 0 spiro atoms. The zero-order valence-corrected chi connectivity index (χ0v) is 11.0. The molecule has 0 amide bonds. The summed E-state index contributed by atoms with van der Waals surface area (Å²) in [6, 6.07) is 0.831. The Kier molecular flexibility index (Phi) is 5.97. The Labute approximate surface area is 97.3 Å². The van der Waals surface area contributed by atoms with Gasteiger partial charge in [0.15, 0.2) is 6.29 Å². The van der Waals surface area contributed by atoms with Crippen LogP contribution in [-0.2, 0) is 9.47 Å². The van der Waals surface area contributed by atoms with Crippen LogP contribution in [0.15, 0.2) is 0 Å². The molecule has 1 N–H and O–H groups in total. The number of hydrogen-bond acceptors (Lipinski definition) is 4. The zero-order chi connectivity index (χ0) is 11.3. The fourth-order valence-corrected chi connectivity index (χ4v) is 3.21. The van der Waals surface area contributed by atoms with Gasteiger partial charge < -0.3 is 14.8 Å². The average Bonchev–Trinajstić information content (AvgIpc) is 2.23. The van der Waals surface area contributed by atoms with Crippen molar-refractivity contribution in [2.24, 2.45) is 0 Å². The standard InChI is InChI=1S/C11H23NO2S/c1-8(11(13-3)14-4)12-10-6-5-7-15-9(10)2/h8-12H,5-7H2,1-4H3. The first-order valence-corrected chi connectivity index (χ1v) is 6.67. The van der Waals surface area contributed by atoms with Crippen LogP contribution in [-0.4, -0.2) is 43.6 Å². The minimum Gasteiger partial charge on any atom is -0.354 e. The van der Waals surface area contributed by atoms with E-state index in [1.807, 2.05) is 0 Å². The summed E-state index contributed by atoms with van der Waals surface area (Å²) in [6.07, 6.45) is 2.42. The van der Waals surface area contributed by atoms with Gasteiger partial charge in [0.05, 0.1) is 6.04 Å². The molecule has 1 rings (SSSR count). The SMILES string of the molecule is COC(OC)C(C)NC1CCCSC1C. The van der Waals surface area contributed by atoms with Crippen molar-refractivity contribution in [1.82, 2.24) is 5.32 Å². The third-order valence-corrected chi connectivity index (χ3v) is 4.34. The maximum atomic E-state index is 5.25. The van der Waals surface area contributed by atoms with Crippen LogP contribution in [0.3, 0.4) is 0 Å². The summed E-state index contributed by atoms with van der Waals surface area (Å²) in [5.41, 5.74) is 0. The van der Waals surface area contributed by atoms with Gasteiger partial charge >= 0.3 is 0 Å². The van der Waals surface area contributed by atoms with Crippen LogP contribution in [0.5, 0.6) is 0 Å². The Morgan fingerprint density at radius 2 is 2.00 bits per heavy atom. The van der Waals surface area contributed by atoms with Crippen molar-refractivity contribution in [2.45, 2.75) is 50.3 Å². The number of thioether (sulfide) groups is 1. The molecule has 0 radical (unpaired) electrons. The molecule has 0 aliphatic carbocycles. The van der Waals surface area contributed by atoms with Gasteiger partial charge in [0, 0.05) is 25.5 Å². The minimum atomic E-state index is -0.149. The van der Waals surface area contributed by atoms with E-state index in [-0.39, 0.29) is 12.3 Å². The van der Waals surface area contributed by atoms with Gasteiger partial charge in [-0.2, -0.15) is 11.8 Å². The fraction of sp³-hybridized carbons (Fsp3) is 1.00. The first-order valence-electron chi connectivity index (χ1n) is 5.62. The van der Waals surface area contributed by atoms with Crippen molar-refractivity contribution >= 4 is 11.8 Å². The van der Waals surface area contributed by atoms with Gasteiger partial charge in [-0.1, -0.05) is 6.92 Å². The average molecular weight is 233 g/mol. The van der Waals surface area contributed by atoms with E-state index in [2.05, 4.69) is 30.9 Å². The predicted octanol–water partition coefficient (Wildman–Crippen LogP) is 1.87. The molecule has 0 aromatic heterocycles. The van der Waals surface area contributed by atoms with Crippen LogP contribution < -0.4 is 5.32 Å². The molecule has 3 nitrogen and oxygen atoms in total. The van der Waals surface area contributed by atoms with Crippen LogP contribution >= 0.6 is 11.8 Å². The molecular formula is C11H23NO2S. The van der Waals surface area contributed by atoms with Crippen molar-refractivity contribution in [3.05, 3.63) is 0 Å². The summed E-state index contributed by atoms with van der Waals surface area (Å²) >= 11 is 2.05. The summed E-state index contributed by atoms with van der Waals surface area (Å²) in [5, 5.41) is 4.29. The molecule has 1 fully saturated rings. The van der Waals surface area contributed by atoms with Crippen LogP contribution in [0.1, 0.15) is 26.7 Å². The van der Waals surface area contributed by atoms with E-state index >= 15 is 0 Å². The van der Waals surface area contributed by atoms with Crippen molar-refractivity contribution in [3.63, 3.8) is 0 Å². The highest BCUT2D eigenvalue weighted by Gasteiger charge is 2.25. The van der Waals surface area contributed by atoms with Crippen LogP contribution in [0.25, 0.3) is 0 Å². The number of hydrogen-bond donors (Lipinski definition) is 1. The Balaban J connectivity index is 2.38. The number of nitrogens with one attached hydrogen (secondary N) is 1. The first kappa shape index (κ1) is 13.3. The molecule has 0 aromatic rings. The van der Waals surface area contributed by atoms with E-state index in [1.54, 1.807) is 14.2 Å². The number of ether oxygens (including phenoxy) is 2. The largest absolute Gasteiger partial charge is 0.354 e. The second-order valence-electron chi connectivity index (χ2n) is 4.12. The van der Waals surface area contributed by atoms with Gasteiger partial charge in [-0.15, -0.1) is 0 Å². The highest BCUT2D eigenvalue weighted by molar-refractivity contribution is 7.99. The van der Waals surface area contributed by atoms with E-state index in [4.69, 9.17) is 9.47 Å². The number of rotatable bonds is 5. The van der Waals surface area contributed by atoms with Gasteiger partial charge in [0.2, 0.25) is 0 Å². The Morgan fingerprint density at radius 3 is 2.53 bits per heavy atom. The van der Waals surface area contributed by atoms with Crippen molar-refractivity contribution in [1.29, 1.82) is 0 Å². The molecule has 1 aliphatic heterocycles. The third-order valence-electron chi connectivity index (χ3n) is 2.96. The molecule has 90 valence electrons. The quantitative estimate of drug-likeness (QED) is 0.734. The third kappa shape index (κ3) is 3.94. The predicted molar refractivity (Wildman–Crippen MR) is 65.3 cm³/mol. The number of methoxy groups -OCH3 is 2. The maximum Gasteiger partial charge on any atom is 0.171 e. The van der Waals surface area contributed by atoms with Crippen molar-refractivity contribution in [3.8, 4) is 0 Å². The van der Waals surface area contributed by atoms with Gasteiger partial charge in [-0.05, 0) is 25.5 Å². The smallest absolute Gasteiger partial charge is 0.171 e. The molecule has 1 heterocycles. The lowest BCUT2D eigenvalue weighted by molar-refractivity contribution is -0.121. The molecule has 3 atom stereocenters. The fourth-order valence-electron chi connectivity index (χ4n) is 2.06. The zero-order valence-electron chi connectivity index (χ0n) is 10.2. The summed E-state index contributed by atoms with van der Waals surface area (Å²) in [4.78, 5) is 0. The molecule has 0 saturated carbocycles. The van der Waals surface area contributed by atoms with Crippen LogP contribution in [0.4, 0.5) is 0 Å². The summed E-state index contributed by atoms with van der Waals surface area (Å²) in [5.74, 6) is 1.30. The second-order valence-corrected chi connectivity index (χ2v) is 5.60. The second kappa shape index (κ2) is 6.74. The van der Waals surface area contributed by atoms with Gasteiger partial charge in [-0.25, -0.2) is 0 Å². The maximum absolute atomic E-state index is 5.25. The molecule has 4 heteroatoms. The molecule has 3 unspecified atom stereocenters. The Bertz CT molecular complexity index is 176. The molecule has 15 heavy (non-hydrogen) atoms. The summed E-state index contributed by atoms with van der Waals surface area (Å²) in [7, 11) is 3.37. The molecule has 1 saturated heterocycles. The van der Waals surface area contributed by atoms with E-state index in [0.29, 0.717) is 11.3 Å². The van der Waals surface area contributed by atoms with E-state index in [1.165, 1.54) is 18.6 Å². The highest BCUT2D eigenvalue weighted by atomic mass is 32.2. The Morgan fingerprint density at radius 1 is 1.33 bits per heavy atom. The lowest BCUT2D eigenvalue weighted by atomic mass is 10.1. The van der Waals surface area contributed by atoms with Crippen LogP contribution in [0.2, 0.25) is 0 Å². The molecule has 0 bridgehead atoms. The summed E-state index contributed by atoms with van der Waals surface area (Å²) in [6.45, 7) is 4.41. The van der Waals surface area contributed by atoms with Gasteiger partial charge in [-0.3, -0.25) is 0 Å². The van der Waals surface area contributed by atoms with Crippen molar-refractivity contribution < 1.29 is 9.47 Å². The molecular weight excluding hydrogens is 210 g/mol. The van der Waals surface area contributed by atoms with E-state index in [9.17, 15) is 0 Å². The normalized spacial score (nSPS) is 29.4. The molecule has 1 aliphatic rings. The van der Waals surface area contributed by atoms with E-state index < -0.39 is 0 Å². The van der Waals surface area contributed by atoms with Gasteiger partial charge in [0.25, 0.3) is 0 Å². The Hall–Kier alpha value is 0.230. The van der Waals surface area contributed by atoms with Crippen molar-refractivity contribution in [2.75, 3.05) is 20.0 Å². The van der Waals surface area contributed by atoms with Crippen LogP contribution in [0, 0.1) is 0 Å². The lowest BCUT2D eigenvalue weighted by Gasteiger charge is -2.33. The topological polar surface area (TPSA) is 30.5 Å². The van der Waals surface area contributed by atoms with E-state index in [0.717, 1.165) is 0 Å². The first-order chi connectivity index (χ1) is 7.19.